The number of aromatic hydroxyl groups is 1. The molecule has 0 unspecified atom stereocenters. The molecule has 2 aromatic carbocycles. The number of esters is 1. The number of Topliss-reactive ketones (excluding diaryl/α,β-unsaturated/α-hetero) is 1. The number of ether oxygens (including phenoxy) is 1. The van der Waals surface area contributed by atoms with Crippen LogP contribution in [-0.2, 0) is 5.41 Å². The number of hydrogen-bond acceptors (Lipinski definition) is 4. The second kappa shape index (κ2) is 12.5. The van der Waals surface area contributed by atoms with E-state index in [-0.39, 0.29) is 16.9 Å². The maximum Gasteiger partial charge on any atom is 0.343 e. The van der Waals surface area contributed by atoms with Crippen LogP contribution in [0, 0.1) is 6.92 Å². The molecule has 4 heteroatoms. The largest absolute Gasteiger partial charge is 0.507 e. The number of ketones is 1. The quantitative estimate of drug-likeness (QED) is 0.265. The molecular formula is C31H42O4. The van der Waals surface area contributed by atoms with Crippen molar-refractivity contribution in [1.29, 1.82) is 0 Å². The lowest BCUT2D eigenvalue weighted by molar-refractivity contribution is 0.0731. The summed E-state index contributed by atoms with van der Waals surface area (Å²) < 4.78 is 5.98. The third kappa shape index (κ3) is 8.54. The van der Waals surface area contributed by atoms with Crippen LogP contribution in [0.3, 0.4) is 0 Å². The monoisotopic (exact) mass is 478 g/mol. The van der Waals surface area contributed by atoms with Gasteiger partial charge in [0.1, 0.15) is 11.5 Å². The highest BCUT2D eigenvalue weighted by Gasteiger charge is 2.25. The molecule has 0 amide bonds. The lowest BCUT2D eigenvalue weighted by atomic mass is 9.83. The summed E-state index contributed by atoms with van der Waals surface area (Å²) in [7, 11) is 0. The van der Waals surface area contributed by atoms with E-state index in [2.05, 4.69) is 13.8 Å². The topological polar surface area (TPSA) is 63.6 Å². The van der Waals surface area contributed by atoms with Gasteiger partial charge < -0.3 is 9.84 Å². The molecule has 0 fully saturated rings. The molecule has 2 aromatic rings. The van der Waals surface area contributed by atoms with Gasteiger partial charge in [0.05, 0.1) is 5.56 Å². The zero-order valence-electron chi connectivity index (χ0n) is 23.3. The van der Waals surface area contributed by atoms with Crippen LogP contribution in [0.5, 0.6) is 11.5 Å². The predicted octanol–water partition coefficient (Wildman–Crippen LogP) is 8.68. The minimum absolute atomic E-state index is 0.0442. The summed E-state index contributed by atoms with van der Waals surface area (Å²) in [4.78, 5) is 25.4. The Bertz CT molecular complexity index is 1130. The van der Waals surface area contributed by atoms with Gasteiger partial charge in [-0.25, -0.2) is 4.79 Å². The SMILES string of the molecule is CC(=O)c1cc(C=C(C)C)c(OC(=O)c2cc(C)c(O)c(C=C(C)C)c2)c(C(C)(C)C)c1.CCC. The second-order valence-electron chi connectivity index (χ2n) is 10.5. The van der Waals surface area contributed by atoms with Crippen molar-refractivity contribution in [2.45, 2.75) is 88.0 Å². The summed E-state index contributed by atoms with van der Waals surface area (Å²) in [5, 5.41) is 10.4. The zero-order valence-corrected chi connectivity index (χ0v) is 23.3. The van der Waals surface area contributed by atoms with E-state index in [4.69, 9.17) is 4.74 Å². The molecule has 0 atom stereocenters. The number of aryl methyl sites for hydroxylation is 1. The van der Waals surface area contributed by atoms with Crippen molar-refractivity contribution >= 4 is 23.9 Å². The molecule has 0 radical (unpaired) electrons. The molecule has 0 aliphatic carbocycles. The Balaban J connectivity index is 0.00000194. The van der Waals surface area contributed by atoms with E-state index in [1.807, 2.05) is 66.7 Å². The number of carbonyl (C=O) groups excluding carboxylic acids is 2. The van der Waals surface area contributed by atoms with E-state index < -0.39 is 5.97 Å². The Morgan fingerprint density at radius 1 is 0.857 bits per heavy atom. The Hall–Kier alpha value is -3.14. The third-order valence-electron chi connectivity index (χ3n) is 4.98. The van der Waals surface area contributed by atoms with Crippen LogP contribution >= 0.6 is 0 Å². The summed E-state index contributed by atoms with van der Waals surface area (Å²) in [5.41, 5.74) is 5.25. The van der Waals surface area contributed by atoms with Crippen molar-refractivity contribution in [3.8, 4) is 11.5 Å². The van der Waals surface area contributed by atoms with E-state index in [0.717, 1.165) is 16.7 Å². The number of carbonyl (C=O) groups is 2. The molecule has 0 aliphatic rings. The Labute approximate surface area is 211 Å². The van der Waals surface area contributed by atoms with E-state index in [1.54, 1.807) is 25.1 Å². The van der Waals surface area contributed by atoms with Crippen molar-refractivity contribution in [1.82, 2.24) is 0 Å². The highest BCUT2D eigenvalue weighted by molar-refractivity contribution is 5.97. The molecule has 0 saturated carbocycles. The maximum absolute atomic E-state index is 13.2. The molecular weight excluding hydrogens is 436 g/mol. The first-order chi connectivity index (χ1) is 16.1. The van der Waals surface area contributed by atoms with Gasteiger partial charge in [-0.2, -0.15) is 0 Å². The van der Waals surface area contributed by atoms with Crippen LogP contribution in [0.15, 0.2) is 35.4 Å². The van der Waals surface area contributed by atoms with Gasteiger partial charge in [0.2, 0.25) is 0 Å². The van der Waals surface area contributed by atoms with Crippen molar-refractivity contribution < 1.29 is 19.4 Å². The Kier molecular flexibility index (Phi) is 10.7. The maximum atomic E-state index is 13.2. The van der Waals surface area contributed by atoms with Gasteiger partial charge in [-0.15, -0.1) is 0 Å². The highest BCUT2D eigenvalue weighted by atomic mass is 16.5. The van der Waals surface area contributed by atoms with Gasteiger partial charge in [-0.05, 0) is 76.8 Å². The average molecular weight is 479 g/mol. The van der Waals surface area contributed by atoms with E-state index in [1.165, 1.54) is 13.3 Å². The molecule has 0 bridgehead atoms. The summed E-state index contributed by atoms with van der Waals surface area (Å²) in [6.45, 7) is 21.4. The first kappa shape index (κ1) is 29.9. The van der Waals surface area contributed by atoms with E-state index in [9.17, 15) is 14.7 Å². The van der Waals surface area contributed by atoms with Crippen LogP contribution in [0.2, 0.25) is 0 Å². The summed E-state index contributed by atoms with van der Waals surface area (Å²) in [6, 6.07) is 6.84. The smallest absolute Gasteiger partial charge is 0.343 e. The number of phenolic OH excluding ortho intramolecular Hbond substituents is 1. The lowest BCUT2D eigenvalue weighted by Gasteiger charge is -2.25. The number of hydrogen-bond donors (Lipinski definition) is 1. The molecule has 4 nitrogen and oxygen atoms in total. The van der Waals surface area contributed by atoms with Gasteiger partial charge in [0.25, 0.3) is 0 Å². The van der Waals surface area contributed by atoms with Crippen molar-refractivity contribution in [2.75, 3.05) is 0 Å². The Morgan fingerprint density at radius 3 is 1.80 bits per heavy atom. The highest BCUT2D eigenvalue weighted by Crippen LogP contribution is 2.37. The fraction of sp³-hybridized carbons (Fsp3) is 0.419. The van der Waals surface area contributed by atoms with Crippen LogP contribution < -0.4 is 4.74 Å². The molecule has 0 heterocycles. The first-order valence-corrected chi connectivity index (χ1v) is 12.2. The summed E-state index contributed by atoms with van der Waals surface area (Å²) in [5.74, 6) is 0.0376. The minimum Gasteiger partial charge on any atom is -0.507 e. The van der Waals surface area contributed by atoms with Gasteiger partial charge >= 0.3 is 5.97 Å². The minimum atomic E-state index is -0.513. The van der Waals surface area contributed by atoms with Crippen molar-refractivity contribution in [3.63, 3.8) is 0 Å². The molecule has 0 aromatic heterocycles. The molecule has 2 rings (SSSR count). The van der Waals surface area contributed by atoms with Crippen LogP contribution in [-0.4, -0.2) is 16.9 Å². The average Bonchev–Trinajstić information content (AvgIpc) is 2.71. The molecule has 190 valence electrons. The summed E-state index contributed by atoms with van der Waals surface area (Å²) in [6.07, 6.45) is 5.00. The van der Waals surface area contributed by atoms with E-state index in [0.29, 0.717) is 33.6 Å². The fourth-order valence-electron chi connectivity index (χ4n) is 3.44. The van der Waals surface area contributed by atoms with Crippen LogP contribution in [0.4, 0.5) is 0 Å². The van der Waals surface area contributed by atoms with Crippen molar-refractivity contribution in [2.24, 2.45) is 0 Å². The summed E-state index contributed by atoms with van der Waals surface area (Å²) >= 11 is 0. The van der Waals surface area contributed by atoms with E-state index >= 15 is 0 Å². The van der Waals surface area contributed by atoms with Gasteiger partial charge in [0, 0.05) is 22.3 Å². The third-order valence-corrected chi connectivity index (χ3v) is 4.98. The zero-order chi connectivity index (χ0) is 27.1. The number of phenols is 1. The van der Waals surface area contributed by atoms with Crippen LogP contribution in [0.25, 0.3) is 12.2 Å². The van der Waals surface area contributed by atoms with Gasteiger partial charge in [-0.1, -0.05) is 64.3 Å². The number of rotatable bonds is 5. The molecule has 1 N–H and O–H groups in total. The fourth-order valence-corrected chi connectivity index (χ4v) is 3.44. The van der Waals surface area contributed by atoms with Crippen LogP contribution in [0.1, 0.15) is 119 Å². The number of allylic oxidation sites excluding steroid dienone is 2. The number of benzene rings is 2. The van der Waals surface area contributed by atoms with Crippen molar-refractivity contribution in [3.05, 3.63) is 68.8 Å². The lowest BCUT2D eigenvalue weighted by Crippen LogP contribution is -2.18. The Morgan fingerprint density at radius 2 is 1.34 bits per heavy atom. The van der Waals surface area contributed by atoms with Gasteiger partial charge in [0.15, 0.2) is 5.78 Å². The van der Waals surface area contributed by atoms with Gasteiger partial charge in [-0.3, -0.25) is 4.79 Å². The normalized spacial score (nSPS) is 10.6. The molecule has 0 aliphatic heterocycles. The molecule has 0 saturated heterocycles. The standard InChI is InChI=1S/C28H34O4.C3H8/c1-16(2)10-21-14-23(12-18(5)25(21)30)27(31)32-26-22(11-17(3)4)13-20(19(6)29)15-24(26)28(7,8)9;1-3-2/h10-15,30H,1-9H3;3H2,1-2H3. The second-order valence-corrected chi connectivity index (χ2v) is 10.5. The molecule has 35 heavy (non-hydrogen) atoms. The first-order valence-electron chi connectivity index (χ1n) is 12.2. The predicted molar refractivity (Wildman–Crippen MR) is 148 cm³/mol. The molecule has 0 spiro atoms.